The highest BCUT2D eigenvalue weighted by Gasteiger charge is 2.26. The molecule has 0 spiro atoms. The average Bonchev–Trinajstić information content (AvgIpc) is 3.01. The van der Waals surface area contributed by atoms with Gasteiger partial charge in [0.1, 0.15) is 11.5 Å². The molecule has 0 aliphatic carbocycles. The molecule has 5 nitrogen and oxygen atoms in total. The number of carbonyl (C=O) groups excluding carboxylic acids is 1. The fourth-order valence-corrected chi connectivity index (χ4v) is 4.05. The van der Waals surface area contributed by atoms with Crippen molar-refractivity contribution in [1.82, 2.24) is 9.47 Å². The minimum absolute atomic E-state index is 0.162. The van der Waals surface area contributed by atoms with E-state index in [0.717, 1.165) is 30.0 Å². The Balaban J connectivity index is 1.54. The quantitative estimate of drug-likeness (QED) is 0.680. The predicted octanol–water partition coefficient (Wildman–Crippen LogP) is 3.71. The summed E-state index contributed by atoms with van der Waals surface area (Å²) in [6.45, 7) is 4.01. The minimum Gasteiger partial charge on any atom is -0.497 e. The van der Waals surface area contributed by atoms with Gasteiger partial charge in [-0.1, -0.05) is 12.1 Å². The number of aromatic nitrogens is 1. The second-order valence-corrected chi connectivity index (χ2v) is 7.19. The molecule has 0 unspecified atom stereocenters. The first-order valence-corrected chi connectivity index (χ1v) is 9.74. The predicted molar refractivity (Wildman–Crippen MR) is 110 cm³/mol. The van der Waals surface area contributed by atoms with Gasteiger partial charge in [0.15, 0.2) is 0 Å². The van der Waals surface area contributed by atoms with Gasteiger partial charge in [-0.05, 0) is 42.8 Å². The summed E-state index contributed by atoms with van der Waals surface area (Å²) in [5.41, 5.74) is 4.75. The van der Waals surface area contributed by atoms with Crippen LogP contribution in [0.3, 0.4) is 0 Å². The van der Waals surface area contributed by atoms with Crippen molar-refractivity contribution in [1.29, 1.82) is 0 Å². The number of nitrogens with zero attached hydrogens (tertiary/aromatic N) is 2. The Morgan fingerprint density at radius 3 is 2.57 bits per heavy atom. The number of carbonyl (C=O) groups is 1. The molecule has 2 aromatic carbocycles. The highest BCUT2D eigenvalue weighted by atomic mass is 16.5. The molecule has 0 saturated heterocycles. The summed E-state index contributed by atoms with van der Waals surface area (Å²) in [5.74, 6) is 1.85. The Bertz CT molecular complexity index is 1000. The zero-order valence-electron chi connectivity index (χ0n) is 16.7. The van der Waals surface area contributed by atoms with Gasteiger partial charge in [0.25, 0.3) is 0 Å². The van der Waals surface area contributed by atoms with Crippen LogP contribution in [0.4, 0.5) is 0 Å². The van der Waals surface area contributed by atoms with Crippen molar-refractivity contribution in [2.24, 2.45) is 7.05 Å². The summed E-state index contributed by atoms with van der Waals surface area (Å²) in [7, 11) is 3.79. The molecule has 0 radical (unpaired) electrons. The lowest BCUT2D eigenvalue weighted by atomic mass is 10.0. The van der Waals surface area contributed by atoms with Gasteiger partial charge in [-0.25, -0.2) is 0 Å². The monoisotopic (exact) mass is 378 g/mol. The molecule has 0 bridgehead atoms. The van der Waals surface area contributed by atoms with Crippen LogP contribution in [0.25, 0.3) is 10.9 Å². The fourth-order valence-electron chi connectivity index (χ4n) is 4.05. The summed E-state index contributed by atoms with van der Waals surface area (Å²) in [5, 5.41) is 1.18. The maximum absolute atomic E-state index is 12.9. The van der Waals surface area contributed by atoms with Crippen molar-refractivity contribution in [3.63, 3.8) is 0 Å². The molecular formula is C23H26N2O3. The van der Waals surface area contributed by atoms with E-state index < -0.39 is 0 Å². The molecular weight excluding hydrogens is 352 g/mol. The molecule has 1 amide bonds. The van der Waals surface area contributed by atoms with Crippen LogP contribution in [0.2, 0.25) is 0 Å². The van der Waals surface area contributed by atoms with E-state index in [2.05, 4.69) is 23.7 Å². The van der Waals surface area contributed by atoms with Crippen LogP contribution in [-0.4, -0.2) is 35.6 Å². The Morgan fingerprint density at radius 2 is 1.86 bits per heavy atom. The SMILES string of the molecule is CCOc1ccc(CC(=O)N2CCc3c(c4cc(OC)ccc4n3C)C2)cc1. The number of ether oxygens (including phenoxy) is 2. The summed E-state index contributed by atoms with van der Waals surface area (Å²) >= 11 is 0. The van der Waals surface area contributed by atoms with Crippen molar-refractivity contribution in [3.8, 4) is 11.5 Å². The van der Waals surface area contributed by atoms with Crippen molar-refractivity contribution < 1.29 is 14.3 Å². The van der Waals surface area contributed by atoms with Crippen molar-refractivity contribution in [2.45, 2.75) is 26.3 Å². The number of rotatable bonds is 5. The lowest BCUT2D eigenvalue weighted by Crippen LogP contribution is -2.37. The standard InChI is InChI=1S/C23H26N2O3/c1-4-28-17-7-5-16(6-8-17)13-23(26)25-12-11-22-20(15-25)19-14-18(27-3)9-10-21(19)24(22)2/h5-10,14H,4,11-13,15H2,1-3H3. The summed E-state index contributed by atoms with van der Waals surface area (Å²) in [6.07, 6.45) is 1.29. The van der Waals surface area contributed by atoms with Crippen LogP contribution < -0.4 is 9.47 Å². The second kappa shape index (κ2) is 7.58. The van der Waals surface area contributed by atoms with Gasteiger partial charge in [-0.2, -0.15) is 0 Å². The first kappa shape index (κ1) is 18.4. The number of fused-ring (bicyclic) bond motifs is 3. The third-order valence-corrected chi connectivity index (χ3v) is 5.55. The normalized spacial score (nSPS) is 13.5. The van der Waals surface area contributed by atoms with Crippen LogP contribution in [0.5, 0.6) is 11.5 Å². The van der Waals surface area contributed by atoms with Gasteiger partial charge < -0.3 is 18.9 Å². The lowest BCUT2D eigenvalue weighted by molar-refractivity contribution is -0.131. The Kier molecular flexibility index (Phi) is 4.99. The van der Waals surface area contributed by atoms with Crippen LogP contribution in [-0.2, 0) is 31.2 Å². The average molecular weight is 378 g/mol. The maximum Gasteiger partial charge on any atom is 0.227 e. The number of aryl methyl sites for hydroxylation is 1. The highest BCUT2D eigenvalue weighted by molar-refractivity contribution is 5.88. The van der Waals surface area contributed by atoms with Gasteiger partial charge >= 0.3 is 0 Å². The molecule has 1 aromatic heterocycles. The second-order valence-electron chi connectivity index (χ2n) is 7.19. The number of benzene rings is 2. The Labute approximate surface area is 165 Å². The van der Waals surface area contributed by atoms with Gasteiger partial charge in [0.05, 0.1) is 20.1 Å². The maximum atomic E-state index is 12.9. The van der Waals surface area contributed by atoms with E-state index >= 15 is 0 Å². The Morgan fingerprint density at radius 1 is 1.11 bits per heavy atom. The molecule has 146 valence electrons. The van der Waals surface area contributed by atoms with Crippen LogP contribution in [0.1, 0.15) is 23.7 Å². The van der Waals surface area contributed by atoms with E-state index in [1.54, 1.807) is 7.11 Å². The number of amides is 1. The van der Waals surface area contributed by atoms with E-state index in [1.165, 1.54) is 22.2 Å². The first-order valence-electron chi connectivity index (χ1n) is 9.74. The molecule has 0 fully saturated rings. The van der Waals surface area contributed by atoms with E-state index in [4.69, 9.17) is 9.47 Å². The van der Waals surface area contributed by atoms with Crippen LogP contribution in [0, 0.1) is 0 Å². The summed E-state index contributed by atoms with van der Waals surface area (Å²) in [4.78, 5) is 14.9. The van der Waals surface area contributed by atoms with E-state index in [-0.39, 0.29) is 5.91 Å². The lowest BCUT2D eigenvalue weighted by Gasteiger charge is -2.28. The molecule has 4 rings (SSSR count). The molecule has 28 heavy (non-hydrogen) atoms. The molecule has 1 aliphatic heterocycles. The third-order valence-electron chi connectivity index (χ3n) is 5.55. The highest BCUT2D eigenvalue weighted by Crippen LogP contribution is 2.32. The number of hydrogen-bond donors (Lipinski definition) is 0. The largest absolute Gasteiger partial charge is 0.497 e. The van der Waals surface area contributed by atoms with E-state index in [0.29, 0.717) is 19.6 Å². The summed E-state index contributed by atoms with van der Waals surface area (Å²) in [6, 6.07) is 14.0. The summed E-state index contributed by atoms with van der Waals surface area (Å²) < 4.78 is 13.1. The number of hydrogen-bond acceptors (Lipinski definition) is 3. The van der Waals surface area contributed by atoms with Crippen molar-refractivity contribution in [3.05, 3.63) is 59.3 Å². The molecule has 3 aromatic rings. The smallest absolute Gasteiger partial charge is 0.227 e. The third kappa shape index (κ3) is 3.33. The molecule has 0 saturated carbocycles. The van der Waals surface area contributed by atoms with Crippen LogP contribution in [0.15, 0.2) is 42.5 Å². The van der Waals surface area contributed by atoms with E-state index in [1.807, 2.05) is 42.2 Å². The van der Waals surface area contributed by atoms with Crippen LogP contribution >= 0.6 is 0 Å². The van der Waals surface area contributed by atoms with Crippen molar-refractivity contribution >= 4 is 16.8 Å². The zero-order chi connectivity index (χ0) is 19.7. The number of methoxy groups -OCH3 is 1. The topological polar surface area (TPSA) is 43.7 Å². The minimum atomic E-state index is 0.162. The molecule has 5 heteroatoms. The van der Waals surface area contributed by atoms with E-state index in [9.17, 15) is 4.79 Å². The van der Waals surface area contributed by atoms with Gasteiger partial charge in [-0.3, -0.25) is 4.79 Å². The Hall–Kier alpha value is -2.95. The molecule has 1 aliphatic rings. The van der Waals surface area contributed by atoms with Gasteiger partial charge in [-0.15, -0.1) is 0 Å². The molecule has 0 atom stereocenters. The first-order chi connectivity index (χ1) is 13.6. The molecule has 0 N–H and O–H groups in total. The fraction of sp³-hybridized carbons (Fsp3) is 0.348. The van der Waals surface area contributed by atoms with Gasteiger partial charge in [0, 0.05) is 48.7 Å². The zero-order valence-corrected chi connectivity index (χ0v) is 16.7. The van der Waals surface area contributed by atoms with Crippen molar-refractivity contribution in [2.75, 3.05) is 20.3 Å². The molecule has 2 heterocycles. The van der Waals surface area contributed by atoms with Gasteiger partial charge in [0.2, 0.25) is 5.91 Å².